The van der Waals surface area contributed by atoms with Gasteiger partial charge in [0.15, 0.2) is 3.95 Å². The predicted octanol–water partition coefficient (Wildman–Crippen LogP) is 3.18. The highest BCUT2D eigenvalue weighted by atomic mass is 32.1. The van der Waals surface area contributed by atoms with Crippen LogP contribution in [-0.4, -0.2) is 40.2 Å². The zero-order valence-electron chi connectivity index (χ0n) is 17.7. The van der Waals surface area contributed by atoms with E-state index in [1.54, 1.807) is 0 Å². The summed E-state index contributed by atoms with van der Waals surface area (Å²) in [4.78, 5) is 37.7. The van der Waals surface area contributed by atoms with Gasteiger partial charge in [-0.15, -0.1) is 5.10 Å². The molecule has 172 valence electrons. The van der Waals surface area contributed by atoms with Gasteiger partial charge in [-0.3, -0.25) is 20.0 Å². The number of aromatic amines is 1. The Morgan fingerprint density at radius 1 is 1.00 bits per heavy atom. The van der Waals surface area contributed by atoms with E-state index in [0.717, 1.165) is 22.5 Å². The molecule has 9 nitrogen and oxygen atoms in total. The van der Waals surface area contributed by atoms with E-state index in [1.165, 1.54) is 6.92 Å². The Bertz CT molecular complexity index is 1130. The second kappa shape index (κ2) is 11.9. The fourth-order valence-corrected chi connectivity index (χ4v) is 3.63. The average molecular weight is 486 g/mol. The first kappa shape index (κ1) is 24.1. The molecule has 3 amide bonds. The van der Waals surface area contributed by atoms with Crippen molar-refractivity contribution < 1.29 is 19.1 Å². The van der Waals surface area contributed by atoms with Crippen LogP contribution in [0, 0.1) is 3.95 Å². The van der Waals surface area contributed by atoms with Crippen LogP contribution in [0.3, 0.4) is 0 Å². The number of nitrogens with zero attached hydrogens (tertiary/aromatic N) is 1. The first-order valence-corrected chi connectivity index (χ1v) is 11.3. The maximum absolute atomic E-state index is 12.9. The van der Waals surface area contributed by atoms with Crippen LogP contribution in [-0.2, 0) is 27.4 Å². The highest BCUT2D eigenvalue weighted by Crippen LogP contribution is 2.11. The number of carbonyl (C=O) groups excluding carboxylic acids is 3. The third-order valence-electron chi connectivity index (χ3n) is 4.52. The van der Waals surface area contributed by atoms with Crippen LogP contribution in [0.4, 0.5) is 9.93 Å². The molecular formula is C22H23N5O4S2. The van der Waals surface area contributed by atoms with Gasteiger partial charge in [0.1, 0.15) is 18.7 Å². The molecule has 33 heavy (non-hydrogen) atoms. The second-order valence-electron chi connectivity index (χ2n) is 7.09. The Morgan fingerprint density at radius 2 is 1.64 bits per heavy atom. The number of alkyl carbamates (subject to hydrolysis) is 1. The Hall–Kier alpha value is -3.57. The molecule has 3 aromatic rings. The van der Waals surface area contributed by atoms with Gasteiger partial charge >= 0.3 is 6.09 Å². The second-order valence-corrected chi connectivity index (χ2v) is 8.75. The number of hydrogen-bond donors (Lipinski definition) is 4. The number of H-pyrrole nitrogens is 1. The molecule has 0 aliphatic carbocycles. The minimum atomic E-state index is -0.946. The summed E-state index contributed by atoms with van der Waals surface area (Å²) < 4.78 is 5.67. The Balaban J connectivity index is 1.61. The van der Waals surface area contributed by atoms with Gasteiger partial charge in [0.2, 0.25) is 16.9 Å². The molecule has 0 aliphatic heterocycles. The van der Waals surface area contributed by atoms with Gasteiger partial charge in [0.05, 0.1) is 0 Å². The number of nitrogens with one attached hydrogen (secondary N) is 4. The van der Waals surface area contributed by atoms with Crippen molar-refractivity contribution in [3.63, 3.8) is 0 Å². The van der Waals surface area contributed by atoms with Crippen LogP contribution >= 0.6 is 23.6 Å². The summed E-state index contributed by atoms with van der Waals surface area (Å²) in [5, 5.41) is 14.5. The van der Waals surface area contributed by atoms with Gasteiger partial charge in [0, 0.05) is 6.42 Å². The van der Waals surface area contributed by atoms with Crippen LogP contribution < -0.4 is 16.0 Å². The maximum atomic E-state index is 12.9. The van der Waals surface area contributed by atoms with E-state index in [4.69, 9.17) is 17.0 Å². The average Bonchev–Trinajstić information content (AvgIpc) is 3.23. The Labute approximate surface area is 199 Å². The minimum Gasteiger partial charge on any atom is -0.445 e. The summed E-state index contributed by atoms with van der Waals surface area (Å²) in [5.41, 5.74) is 1.66. The van der Waals surface area contributed by atoms with Gasteiger partial charge < -0.3 is 15.4 Å². The third kappa shape index (κ3) is 7.81. The van der Waals surface area contributed by atoms with E-state index in [0.29, 0.717) is 9.09 Å². The maximum Gasteiger partial charge on any atom is 0.408 e. The molecule has 0 bridgehead atoms. The largest absolute Gasteiger partial charge is 0.445 e. The minimum absolute atomic E-state index is 0.0703. The number of aromatic nitrogens is 2. The SMILES string of the molecule is CC(NC(=O)C(Cc1ccccc1)NC(=O)OCc1ccccc1)C(=O)Nc1n[nH]c(=S)s1. The zero-order chi connectivity index (χ0) is 23.6. The lowest BCUT2D eigenvalue weighted by molar-refractivity contribution is -0.127. The van der Waals surface area contributed by atoms with E-state index in [-0.39, 0.29) is 13.0 Å². The fraction of sp³-hybridized carbons (Fsp3) is 0.227. The number of hydrogen-bond acceptors (Lipinski definition) is 7. The Morgan fingerprint density at radius 3 is 2.24 bits per heavy atom. The zero-order valence-corrected chi connectivity index (χ0v) is 19.4. The fourth-order valence-electron chi connectivity index (χ4n) is 2.84. The lowest BCUT2D eigenvalue weighted by Crippen LogP contribution is -2.52. The number of ether oxygens (including phenoxy) is 1. The summed E-state index contributed by atoms with van der Waals surface area (Å²) in [6.45, 7) is 1.60. The van der Waals surface area contributed by atoms with Crippen LogP contribution in [0.15, 0.2) is 60.7 Å². The summed E-state index contributed by atoms with van der Waals surface area (Å²) in [7, 11) is 0. The van der Waals surface area contributed by atoms with Crippen molar-refractivity contribution >= 4 is 46.6 Å². The first-order valence-electron chi connectivity index (χ1n) is 10.1. The molecule has 0 spiro atoms. The van der Waals surface area contributed by atoms with Gasteiger partial charge in [-0.2, -0.15) is 0 Å². The lowest BCUT2D eigenvalue weighted by atomic mass is 10.1. The smallest absolute Gasteiger partial charge is 0.408 e. The number of rotatable bonds is 9. The third-order valence-corrected chi connectivity index (χ3v) is 5.53. The molecule has 0 aliphatic rings. The van der Waals surface area contributed by atoms with Crippen molar-refractivity contribution in [2.75, 3.05) is 5.32 Å². The summed E-state index contributed by atoms with van der Waals surface area (Å²) in [5.74, 6) is -0.987. The molecule has 0 saturated carbocycles. The molecule has 2 atom stereocenters. The van der Waals surface area contributed by atoms with Crippen LogP contribution in [0.1, 0.15) is 18.1 Å². The highest BCUT2D eigenvalue weighted by Gasteiger charge is 2.25. The molecule has 0 fully saturated rings. The standard InChI is InChI=1S/C22H23N5O4S2/c1-14(18(28)25-20-26-27-22(32)33-20)23-19(29)17(12-15-8-4-2-5-9-15)24-21(30)31-13-16-10-6-3-7-11-16/h2-11,14,17H,12-13H2,1H3,(H,23,29)(H,24,30)(H,27,32)(H,25,26,28). The molecule has 0 saturated heterocycles. The van der Waals surface area contributed by atoms with E-state index in [1.807, 2.05) is 60.7 Å². The predicted molar refractivity (Wildman–Crippen MR) is 127 cm³/mol. The van der Waals surface area contributed by atoms with Crippen LogP contribution in [0.5, 0.6) is 0 Å². The lowest BCUT2D eigenvalue weighted by Gasteiger charge is -2.21. The van der Waals surface area contributed by atoms with Crippen molar-refractivity contribution in [3.05, 3.63) is 75.7 Å². The highest BCUT2D eigenvalue weighted by molar-refractivity contribution is 7.73. The van der Waals surface area contributed by atoms with Gasteiger partial charge in [-0.1, -0.05) is 72.0 Å². The summed E-state index contributed by atoms with van der Waals surface area (Å²) in [6.07, 6.45) is -0.509. The monoisotopic (exact) mass is 485 g/mol. The van der Waals surface area contributed by atoms with E-state index in [2.05, 4.69) is 26.1 Å². The van der Waals surface area contributed by atoms with Crippen molar-refractivity contribution in [1.29, 1.82) is 0 Å². The molecular weight excluding hydrogens is 462 g/mol. The molecule has 11 heteroatoms. The number of carbonyl (C=O) groups is 3. The van der Waals surface area contributed by atoms with Gasteiger partial charge in [0.25, 0.3) is 0 Å². The Kier molecular flexibility index (Phi) is 8.67. The van der Waals surface area contributed by atoms with Crippen molar-refractivity contribution in [2.24, 2.45) is 0 Å². The molecule has 1 heterocycles. The van der Waals surface area contributed by atoms with Crippen LogP contribution in [0.25, 0.3) is 0 Å². The van der Waals surface area contributed by atoms with Crippen molar-refractivity contribution in [1.82, 2.24) is 20.8 Å². The van der Waals surface area contributed by atoms with Crippen LogP contribution in [0.2, 0.25) is 0 Å². The first-order chi connectivity index (χ1) is 15.9. The number of anilines is 1. The molecule has 1 aromatic heterocycles. The molecule has 0 radical (unpaired) electrons. The van der Waals surface area contributed by atoms with Gasteiger partial charge in [-0.05, 0) is 30.3 Å². The molecule has 2 unspecified atom stereocenters. The molecule has 3 rings (SSSR count). The normalized spacial score (nSPS) is 12.3. The molecule has 4 N–H and O–H groups in total. The topological polar surface area (TPSA) is 125 Å². The summed E-state index contributed by atoms with van der Waals surface area (Å²) >= 11 is 6.04. The quantitative estimate of drug-likeness (QED) is 0.345. The number of benzene rings is 2. The summed E-state index contributed by atoms with van der Waals surface area (Å²) in [6, 6.07) is 16.6. The van der Waals surface area contributed by atoms with Crippen molar-refractivity contribution in [2.45, 2.75) is 32.0 Å². The number of amides is 3. The van der Waals surface area contributed by atoms with Crippen molar-refractivity contribution in [3.8, 4) is 0 Å². The van der Waals surface area contributed by atoms with E-state index < -0.39 is 30.0 Å². The van der Waals surface area contributed by atoms with E-state index in [9.17, 15) is 14.4 Å². The molecule has 2 aromatic carbocycles. The van der Waals surface area contributed by atoms with Gasteiger partial charge in [-0.25, -0.2) is 4.79 Å². The van der Waals surface area contributed by atoms with E-state index >= 15 is 0 Å².